The third-order valence-electron chi connectivity index (χ3n) is 3.99. The van der Waals surface area contributed by atoms with Gasteiger partial charge in [0.25, 0.3) is 0 Å². The van der Waals surface area contributed by atoms with E-state index in [0.29, 0.717) is 11.8 Å². The number of carboxylic acids is 1. The summed E-state index contributed by atoms with van der Waals surface area (Å²) in [6.07, 6.45) is 1.92. The van der Waals surface area contributed by atoms with Gasteiger partial charge in [0.05, 0.1) is 37.8 Å². The first-order valence-corrected chi connectivity index (χ1v) is 7.35. The molecule has 0 aromatic heterocycles. The second-order valence-electron chi connectivity index (χ2n) is 5.92. The minimum absolute atomic E-state index is 0.128. The molecule has 0 bridgehead atoms. The van der Waals surface area contributed by atoms with Crippen molar-refractivity contribution < 1.29 is 24.5 Å². The van der Waals surface area contributed by atoms with Gasteiger partial charge in [0.2, 0.25) is 5.91 Å². The van der Waals surface area contributed by atoms with E-state index in [9.17, 15) is 14.7 Å². The molecule has 7 heteroatoms. The summed E-state index contributed by atoms with van der Waals surface area (Å²) >= 11 is 0. The first-order valence-electron chi connectivity index (χ1n) is 7.35. The number of amides is 1. The van der Waals surface area contributed by atoms with Crippen LogP contribution in [0.5, 0.6) is 0 Å². The Morgan fingerprint density at radius 2 is 1.90 bits per heavy atom. The number of rotatable bonds is 8. The van der Waals surface area contributed by atoms with Crippen molar-refractivity contribution in [3.05, 3.63) is 0 Å². The van der Waals surface area contributed by atoms with Gasteiger partial charge in [-0.15, -0.1) is 0 Å². The van der Waals surface area contributed by atoms with Crippen molar-refractivity contribution in [2.75, 3.05) is 13.2 Å². The van der Waals surface area contributed by atoms with Gasteiger partial charge in [0.1, 0.15) is 0 Å². The van der Waals surface area contributed by atoms with Crippen molar-refractivity contribution in [1.82, 2.24) is 5.32 Å². The highest BCUT2D eigenvalue weighted by Gasteiger charge is 2.31. The van der Waals surface area contributed by atoms with E-state index in [2.05, 4.69) is 19.2 Å². The highest BCUT2D eigenvalue weighted by atomic mass is 16.5. The normalized spacial score (nSPS) is 28.1. The molecule has 0 spiro atoms. The van der Waals surface area contributed by atoms with Gasteiger partial charge in [-0.25, -0.2) is 0 Å². The number of aliphatic carboxylic acids is 1. The molecule has 7 nitrogen and oxygen atoms in total. The van der Waals surface area contributed by atoms with E-state index in [1.807, 2.05) is 0 Å². The topological polar surface area (TPSA) is 122 Å². The highest BCUT2D eigenvalue weighted by Crippen LogP contribution is 2.32. The SMILES string of the molecule is CC1CCC(C)C1OCC(CO)NC(=O)[C@@H](N)CC(=O)O. The number of aliphatic hydroxyl groups excluding tert-OH is 1. The molecule has 0 heterocycles. The van der Waals surface area contributed by atoms with Crippen LogP contribution in [0, 0.1) is 11.8 Å². The van der Waals surface area contributed by atoms with Gasteiger partial charge < -0.3 is 26.0 Å². The lowest BCUT2D eigenvalue weighted by atomic mass is 10.0. The van der Waals surface area contributed by atoms with E-state index in [-0.39, 0.29) is 19.3 Å². The zero-order chi connectivity index (χ0) is 16.0. The van der Waals surface area contributed by atoms with Crippen LogP contribution in [0.2, 0.25) is 0 Å². The summed E-state index contributed by atoms with van der Waals surface area (Å²) in [5, 5.41) is 20.4. The number of nitrogens with two attached hydrogens (primary N) is 1. The molecule has 0 aromatic carbocycles. The monoisotopic (exact) mass is 302 g/mol. The lowest BCUT2D eigenvalue weighted by Crippen LogP contribution is -2.49. The minimum Gasteiger partial charge on any atom is -0.481 e. The maximum absolute atomic E-state index is 11.7. The maximum atomic E-state index is 11.7. The van der Waals surface area contributed by atoms with Crippen LogP contribution in [0.4, 0.5) is 0 Å². The van der Waals surface area contributed by atoms with Crippen LogP contribution in [-0.2, 0) is 14.3 Å². The van der Waals surface area contributed by atoms with Gasteiger partial charge in [-0.05, 0) is 24.7 Å². The molecule has 1 aliphatic rings. The molecule has 1 fully saturated rings. The summed E-state index contributed by atoms with van der Waals surface area (Å²) < 4.78 is 5.81. The Hall–Kier alpha value is -1.18. The highest BCUT2D eigenvalue weighted by molar-refractivity contribution is 5.86. The Balaban J connectivity index is 2.40. The van der Waals surface area contributed by atoms with Crippen LogP contribution in [-0.4, -0.2) is 53.5 Å². The van der Waals surface area contributed by atoms with Crippen LogP contribution < -0.4 is 11.1 Å². The van der Waals surface area contributed by atoms with Crippen LogP contribution in [0.25, 0.3) is 0 Å². The van der Waals surface area contributed by atoms with Gasteiger partial charge in [-0.2, -0.15) is 0 Å². The largest absolute Gasteiger partial charge is 0.481 e. The molecule has 1 rings (SSSR count). The molecular weight excluding hydrogens is 276 g/mol. The molecule has 21 heavy (non-hydrogen) atoms. The van der Waals surface area contributed by atoms with E-state index in [1.54, 1.807) is 0 Å². The molecule has 0 aromatic rings. The van der Waals surface area contributed by atoms with Gasteiger partial charge in [0, 0.05) is 0 Å². The Bertz CT molecular complexity index is 353. The summed E-state index contributed by atoms with van der Waals surface area (Å²) in [7, 11) is 0. The van der Waals surface area contributed by atoms with Crippen LogP contribution >= 0.6 is 0 Å². The summed E-state index contributed by atoms with van der Waals surface area (Å²) in [5.41, 5.74) is 5.47. The quantitative estimate of drug-likeness (QED) is 0.489. The van der Waals surface area contributed by atoms with Crippen molar-refractivity contribution in [2.24, 2.45) is 17.6 Å². The van der Waals surface area contributed by atoms with Crippen molar-refractivity contribution in [1.29, 1.82) is 0 Å². The standard InChI is InChI=1S/C14H26N2O5/c1-8-3-4-9(2)13(8)21-7-10(6-17)16-14(20)11(15)5-12(18)19/h8-11,13,17H,3-7,15H2,1-2H3,(H,16,20)(H,18,19)/t8?,9?,10?,11-,13?/m0/s1. The predicted octanol–water partition coefficient (Wildman–Crippen LogP) is -0.283. The van der Waals surface area contributed by atoms with Crippen molar-refractivity contribution in [3.63, 3.8) is 0 Å². The first kappa shape index (κ1) is 17.9. The molecule has 122 valence electrons. The number of carboxylic acid groups (broad SMARTS) is 1. The van der Waals surface area contributed by atoms with Gasteiger partial charge >= 0.3 is 5.97 Å². The number of nitrogens with one attached hydrogen (secondary N) is 1. The van der Waals surface area contributed by atoms with E-state index in [0.717, 1.165) is 12.8 Å². The van der Waals surface area contributed by atoms with Crippen molar-refractivity contribution in [3.8, 4) is 0 Å². The average Bonchev–Trinajstić information content (AvgIpc) is 2.73. The number of hydrogen-bond donors (Lipinski definition) is 4. The molecule has 4 atom stereocenters. The fourth-order valence-electron chi connectivity index (χ4n) is 2.70. The number of ether oxygens (including phenoxy) is 1. The lowest BCUT2D eigenvalue weighted by Gasteiger charge is -2.25. The molecule has 5 N–H and O–H groups in total. The van der Waals surface area contributed by atoms with E-state index in [4.69, 9.17) is 15.6 Å². The second kappa shape index (κ2) is 8.31. The molecular formula is C14H26N2O5. The zero-order valence-corrected chi connectivity index (χ0v) is 12.6. The van der Waals surface area contributed by atoms with Crippen molar-refractivity contribution in [2.45, 2.75) is 51.3 Å². The zero-order valence-electron chi connectivity index (χ0n) is 12.6. The van der Waals surface area contributed by atoms with Crippen LogP contribution in [0.15, 0.2) is 0 Å². The van der Waals surface area contributed by atoms with E-state index in [1.165, 1.54) is 0 Å². The molecule has 0 radical (unpaired) electrons. The maximum Gasteiger partial charge on any atom is 0.305 e. The third kappa shape index (κ3) is 5.61. The first-order chi connectivity index (χ1) is 9.85. The third-order valence-corrected chi connectivity index (χ3v) is 3.99. The van der Waals surface area contributed by atoms with Gasteiger partial charge in [0.15, 0.2) is 0 Å². The smallest absolute Gasteiger partial charge is 0.305 e. The number of carbonyl (C=O) groups excluding carboxylic acids is 1. The molecule has 3 unspecified atom stereocenters. The summed E-state index contributed by atoms with van der Waals surface area (Å²) in [4.78, 5) is 22.2. The lowest BCUT2D eigenvalue weighted by molar-refractivity contribution is -0.139. The second-order valence-corrected chi connectivity index (χ2v) is 5.92. The summed E-state index contributed by atoms with van der Waals surface area (Å²) in [5.74, 6) is -0.802. The van der Waals surface area contributed by atoms with E-state index < -0.39 is 30.4 Å². The summed E-state index contributed by atoms with van der Waals surface area (Å²) in [6.45, 7) is 4.18. The minimum atomic E-state index is -1.14. The fourth-order valence-corrected chi connectivity index (χ4v) is 2.70. The molecule has 1 aliphatic carbocycles. The number of aliphatic hydroxyl groups is 1. The summed E-state index contributed by atoms with van der Waals surface area (Å²) in [6, 6.07) is -1.70. The fraction of sp³-hybridized carbons (Fsp3) is 0.857. The van der Waals surface area contributed by atoms with Crippen molar-refractivity contribution >= 4 is 11.9 Å². The van der Waals surface area contributed by atoms with Crippen LogP contribution in [0.1, 0.15) is 33.1 Å². The van der Waals surface area contributed by atoms with Crippen LogP contribution in [0.3, 0.4) is 0 Å². The van der Waals surface area contributed by atoms with E-state index >= 15 is 0 Å². The molecule has 1 saturated carbocycles. The Morgan fingerprint density at radius 3 is 2.38 bits per heavy atom. The van der Waals surface area contributed by atoms with Gasteiger partial charge in [-0.3, -0.25) is 9.59 Å². The Labute approximate surface area is 124 Å². The molecule has 1 amide bonds. The molecule has 0 saturated heterocycles. The predicted molar refractivity (Wildman–Crippen MR) is 76.5 cm³/mol. The molecule has 0 aliphatic heterocycles. The average molecular weight is 302 g/mol. The van der Waals surface area contributed by atoms with Gasteiger partial charge in [-0.1, -0.05) is 13.8 Å². The Kier molecular flexibility index (Phi) is 7.07. The number of hydrogen-bond acceptors (Lipinski definition) is 5. The number of carbonyl (C=O) groups is 2. The Morgan fingerprint density at radius 1 is 1.33 bits per heavy atom.